The molecule has 0 fully saturated rings. The van der Waals surface area contributed by atoms with E-state index in [1.54, 1.807) is 0 Å². The van der Waals surface area contributed by atoms with E-state index in [2.05, 4.69) is 58.7 Å². The maximum absolute atomic E-state index is 13.1. The Kier molecular flexibility index (Phi) is 9.18. The monoisotopic (exact) mass is 403 g/mol. The van der Waals surface area contributed by atoms with Gasteiger partial charge in [0, 0.05) is 50.4 Å². The van der Waals surface area contributed by atoms with Crippen LogP contribution in [-0.4, -0.2) is 36.9 Å². The van der Waals surface area contributed by atoms with Gasteiger partial charge in [-0.1, -0.05) is 34.6 Å². The number of anilines is 2. The maximum Gasteiger partial charge on any atom is 0.226 e. The Morgan fingerprint density at radius 2 is 1.66 bits per heavy atom. The maximum atomic E-state index is 13.1. The predicted octanol–water partition coefficient (Wildman–Crippen LogP) is 5.30. The fourth-order valence-electron chi connectivity index (χ4n) is 3.48. The number of nitrogens with one attached hydrogen (secondary N) is 1. The summed E-state index contributed by atoms with van der Waals surface area (Å²) < 4.78 is 0. The van der Waals surface area contributed by atoms with Crippen LogP contribution in [0.5, 0.6) is 0 Å². The first-order valence-corrected chi connectivity index (χ1v) is 10.8. The average Bonchev–Trinajstić information content (AvgIpc) is 2.58. The van der Waals surface area contributed by atoms with Crippen molar-refractivity contribution >= 4 is 23.2 Å². The van der Waals surface area contributed by atoms with Crippen LogP contribution in [0.2, 0.25) is 0 Å². The summed E-state index contributed by atoms with van der Waals surface area (Å²) in [4.78, 5) is 29.5. The molecule has 1 aromatic rings. The second kappa shape index (κ2) is 10.7. The van der Waals surface area contributed by atoms with Gasteiger partial charge < -0.3 is 15.1 Å². The fourth-order valence-corrected chi connectivity index (χ4v) is 3.48. The highest BCUT2D eigenvalue weighted by atomic mass is 16.2. The lowest BCUT2D eigenvalue weighted by Gasteiger charge is -2.32. The summed E-state index contributed by atoms with van der Waals surface area (Å²) in [5.74, 6) is 0.265. The molecule has 0 radical (unpaired) electrons. The van der Waals surface area contributed by atoms with Crippen LogP contribution in [0, 0.1) is 11.3 Å². The first-order chi connectivity index (χ1) is 13.4. The Morgan fingerprint density at radius 3 is 2.10 bits per heavy atom. The van der Waals surface area contributed by atoms with Crippen LogP contribution in [0.3, 0.4) is 0 Å². The van der Waals surface area contributed by atoms with Gasteiger partial charge in [-0.25, -0.2) is 0 Å². The van der Waals surface area contributed by atoms with Crippen molar-refractivity contribution < 1.29 is 9.59 Å². The summed E-state index contributed by atoms with van der Waals surface area (Å²) in [7, 11) is 4.00. The second-order valence-electron chi connectivity index (χ2n) is 9.60. The molecule has 0 aliphatic rings. The second-order valence-corrected chi connectivity index (χ2v) is 9.60. The summed E-state index contributed by atoms with van der Waals surface area (Å²) in [6, 6.07) is 6.06. The Balaban J connectivity index is 3.18. The zero-order valence-electron chi connectivity index (χ0n) is 19.9. The van der Waals surface area contributed by atoms with Gasteiger partial charge in [-0.05, 0) is 55.9 Å². The molecular formula is C24H41N3O2. The van der Waals surface area contributed by atoms with E-state index in [0.717, 1.165) is 29.8 Å². The van der Waals surface area contributed by atoms with E-state index < -0.39 is 0 Å². The Labute approximate surface area is 177 Å². The third-order valence-electron chi connectivity index (χ3n) is 5.12. The SMILES string of the molecule is CCC(CC)C(=O)N(Cc1cc(NC(=O)CC(C)(C)C)ccc1N(C)C)C(C)C. The van der Waals surface area contributed by atoms with Gasteiger partial charge in [0.2, 0.25) is 11.8 Å². The summed E-state index contributed by atoms with van der Waals surface area (Å²) in [6.07, 6.45) is 2.16. The molecule has 0 saturated carbocycles. The van der Waals surface area contributed by atoms with Gasteiger partial charge in [-0.3, -0.25) is 9.59 Å². The molecule has 0 aromatic heterocycles. The molecule has 29 heavy (non-hydrogen) atoms. The van der Waals surface area contributed by atoms with E-state index in [0.29, 0.717) is 13.0 Å². The number of nitrogens with zero attached hydrogens (tertiary/aromatic N) is 2. The highest BCUT2D eigenvalue weighted by Crippen LogP contribution is 2.27. The van der Waals surface area contributed by atoms with Crippen molar-refractivity contribution in [3.05, 3.63) is 23.8 Å². The highest BCUT2D eigenvalue weighted by molar-refractivity contribution is 5.91. The lowest BCUT2D eigenvalue weighted by molar-refractivity contribution is -0.138. The number of hydrogen-bond donors (Lipinski definition) is 1. The number of rotatable bonds is 9. The molecule has 0 aliphatic heterocycles. The van der Waals surface area contributed by atoms with Crippen LogP contribution >= 0.6 is 0 Å². The van der Waals surface area contributed by atoms with Gasteiger partial charge in [-0.2, -0.15) is 0 Å². The van der Waals surface area contributed by atoms with Crippen LogP contribution in [0.4, 0.5) is 11.4 Å². The number of carbonyl (C=O) groups excluding carboxylic acids is 2. The van der Waals surface area contributed by atoms with Gasteiger partial charge in [0.05, 0.1) is 0 Å². The standard InChI is InChI=1S/C24H41N3O2/c1-10-18(11-2)23(29)27(17(3)4)16-19-14-20(12-13-21(19)26(8)9)25-22(28)15-24(5,6)7/h12-14,17-18H,10-11,15-16H2,1-9H3,(H,25,28). The lowest BCUT2D eigenvalue weighted by Crippen LogP contribution is -2.40. The van der Waals surface area contributed by atoms with E-state index in [9.17, 15) is 9.59 Å². The van der Waals surface area contributed by atoms with Crippen LogP contribution in [0.1, 0.15) is 73.3 Å². The first kappa shape index (κ1) is 25.0. The largest absolute Gasteiger partial charge is 0.377 e. The van der Waals surface area contributed by atoms with Crippen molar-refractivity contribution in [3.8, 4) is 0 Å². The van der Waals surface area contributed by atoms with Crippen molar-refractivity contribution in [2.24, 2.45) is 11.3 Å². The van der Waals surface area contributed by atoms with Crippen molar-refractivity contribution in [2.45, 2.75) is 80.3 Å². The number of carbonyl (C=O) groups is 2. The van der Waals surface area contributed by atoms with Gasteiger partial charge in [0.1, 0.15) is 0 Å². The van der Waals surface area contributed by atoms with Crippen molar-refractivity contribution in [2.75, 3.05) is 24.3 Å². The van der Waals surface area contributed by atoms with Gasteiger partial charge in [0.25, 0.3) is 0 Å². The van der Waals surface area contributed by atoms with Gasteiger partial charge in [0.15, 0.2) is 0 Å². The normalized spacial score (nSPS) is 11.7. The third-order valence-corrected chi connectivity index (χ3v) is 5.12. The quantitative estimate of drug-likeness (QED) is 0.609. The summed E-state index contributed by atoms with van der Waals surface area (Å²) in [5, 5.41) is 3.02. The number of hydrogen-bond acceptors (Lipinski definition) is 3. The molecule has 0 saturated heterocycles. The van der Waals surface area contributed by atoms with Crippen molar-refractivity contribution in [1.29, 1.82) is 0 Å². The topological polar surface area (TPSA) is 52.7 Å². The van der Waals surface area contributed by atoms with Crippen LogP contribution in [0.15, 0.2) is 18.2 Å². The molecule has 0 spiro atoms. The summed E-state index contributed by atoms with van der Waals surface area (Å²) in [6.45, 7) is 15.0. The zero-order chi connectivity index (χ0) is 22.4. The average molecular weight is 404 g/mol. The van der Waals surface area contributed by atoms with Gasteiger partial charge in [-0.15, -0.1) is 0 Å². The molecule has 2 amide bonds. The van der Waals surface area contributed by atoms with E-state index >= 15 is 0 Å². The smallest absolute Gasteiger partial charge is 0.226 e. The van der Waals surface area contributed by atoms with Crippen LogP contribution in [0.25, 0.3) is 0 Å². The Hall–Kier alpha value is -2.04. The molecule has 1 aromatic carbocycles. The Morgan fingerprint density at radius 1 is 1.07 bits per heavy atom. The molecule has 164 valence electrons. The predicted molar refractivity (Wildman–Crippen MR) is 123 cm³/mol. The fraction of sp³-hybridized carbons (Fsp3) is 0.667. The summed E-state index contributed by atoms with van der Waals surface area (Å²) >= 11 is 0. The summed E-state index contributed by atoms with van der Waals surface area (Å²) in [5.41, 5.74) is 2.81. The van der Waals surface area contributed by atoms with E-state index in [1.165, 1.54) is 0 Å². The molecule has 0 aliphatic carbocycles. The van der Waals surface area contributed by atoms with Crippen molar-refractivity contribution in [1.82, 2.24) is 4.90 Å². The highest BCUT2D eigenvalue weighted by Gasteiger charge is 2.25. The molecular weight excluding hydrogens is 362 g/mol. The van der Waals surface area contributed by atoms with Crippen molar-refractivity contribution in [3.63, 3.8) is 0 Å². The number of benzene rings is 1. The Bertz CT molecular complexity index is 686. The van der Waals surface area contributed by atoms with E-state index in [1.807, 2.05) is 37.2 Å². The minimum atomic E-state index is -0.0628. The van der Waals surface area contributed by atoms with E-state index in [-0.39, 0.29) is 29.2 Å². The van der Waals surface area contributed by atoms with E-state index in [4.69, 9.17) is 0 Å². The van der Waals surface area contributed by atoms with Crippen LogP contribution < -0.4 is 10.2 Å². The zero-order valence-corrected chi connectivity index (χ0v) is 19.9. The van der Waals surface area contributed by atoms with Crippen LogP contribution in [-0.2, 0) is 16.1 Å². The third kappa shape index (κ3) is 7.71. The molecule has 5 nitrogen and oxygen atoms in total. The molecule has 1 rings (SSSR count). The van der Waals surface area contributed by atoms with Gasteiger partial charge >= 0.3 is 0 Å². The molecule has 1 N–H and O–H groups in total. The molecule has 0 heterocycles. The number of amides is 2. The lowest BCUT2D eigenvalue weighted by atomic mass is 9.92. The first-order valence-electron chi connectivity index (χ1n) is 10.8. The molecule has 0 unspecified atom stereocenters. The minimum Gasteiger partial charge on any atom is -0.377 e. The molecule has 5 heteroatoms. The molecule has 0 bridgehead atoms. The molecule has 0 atom stereocenters. The minimum absolute atomic E-state index is 0.00914.